The number of fused-ring (bicyclic) bond motifs is 1. The summed E-state index contributed by atoms with van der Waals surface area (Å²) in [7, 11) is 0. The van der Waals surface area contributed by atoms with Crippen LogP contribution in [-0.4, -0.2) is 34.1 Å². The van der Waals surface area contributed by atoms with Crippen LogP contribution in [0.1, 0.15) is 17.0 Å². The fourth-order valence-electron chi connectivity index (χ4n) is 1.74. The van der Waals surface area contributed by atoms with E-state index in [1.54, 1.807) is 18.2 Å². The quantitative estimate of drug-likeness (QED) is 0.753. The molecule has 0 aliphatic heterocycles. The largest absolute Gasteiger partial charge is 0.481 e. The van der Waals surface area contributed by atoms with Crippen molar-refractivity contribution in [2.24, 2.45) is 0 Å². The third-order valence-corrected chi connectivity index (χ3v) is 3.33. The standard InChI is InChI=1S/C13H10BrNO6/c14-7-3-1-2-6-4-9(21-11(6)7)12(18)15-8(13(19)20)5-10(16)17/h1-4,8H,5H2,(H,15,18)(H,16,17)(H,19,20)/t8-/m1/s1. The van der Waals surface area contributed by atoms with Crippen LogP contribution in [0, 0.1) is 0 Å². The first-order valence-corrected chi connectivity index (χ1v) is 6.61. The smallest absolute Gasteiger partial charge is 0.326 e. The summed E-state index contributed by atoms with van der Waals surface area (Å²) in [6.07, 6.45) is -0.717. The molecule has 0 radical (unpaired) electrons. The van der Waals surface area contributed by atoms with Gasteiger partial charge in [-0.25, -0.2) is 4.79 Å². The molecule has 0 unspecified atom stereocenters. The number of hydrogen-bond acceptors (Lipinski definition) is 4. The van der Waals surface area contributed by atoms with Gasteiger partial charge in [0.15, 0.2) is 5.76 Å². The van der Waals surface area contributed by atoms with E-state index < -0.39 is 30.3 Å². The summed E-state index contributed by atoms with van der Waals surface area (Å²) in [5.41, 5.74) is 0.452. The second-order valence-electron chi connectivity index (χ2n) is 4.23. The summed E-state index contributed by atoms with van der Waals surface area (Å²) in [6, 6.07) is 5.15. The third-order valence-electron chi connectivity index (χ3n) is 2.70. The van der Waals surface area contributed by atoms with E-state index in [4.69, 9.17) is 14.6 Å². The fraction of sp³-hybridized carbons (Fsp3) is 0.154. The SMILES string of the molecule is O=C(O)C[C@@H](NC(=O)c1cc2cccc(Br)c2o1)C(=O)O. The Morgan fingerprint density at radius 1 is 1.29 bits per heavy atom. The summed E-state index contributed by atoms with van der Waals surface area (Å²) < 4.78 is 6.00. The Kier molecular flexibility index (Phi) is 4.27. The van der Waals surface area contributed by atoms with Crippen molar-refractivity contribution in [3.8, 4) is 0 Å². The number of benzene rings is 1. The van der Waals surface area contributed by atoms with Gasteiger partial charge in [-0.1, -0.05) is 12.1 Å². The van der Waals surface area contributed by atoms with Crippen LogP contribution in [0.2, 0.25) is 0 Å². The average Bonchev–Trinajstić information content (AvgIpc) is 2.82. The molecule has 0 spiro atoms. The van der Waals surface area contributed by atoms with Gasteiger partial charge in [0.05, 0.1) is 10.9 Å². The molecule has 1 aromatic heterocycles. The number of carboxylic acid groups (broad SMARTS) is 2. The highest BCUT2D eigenvalue weighted by Crippen LogP contribution is 2.26. The van der Waals surface area contributed by atoms with Crippen molar-refractivity contribution < 1.29 is 29.0 Å². The number of halogens is 1. The number of amides is 1. The van der Waals surface area contributed by atoms with Gasteiger partial charge in [0.2, 0.25) is 0 Å². The number of para-hydroxylation sites is 1. The lowest BCUT2D eigenvalue weighted by Gasteiger charge is -2.10. The van der Waals surface area contributed by atoms with E-state index >= 15 is 0 Å². The molecule has 0 saturated carbocycles. The second kappa shape index (κ2) is 5.96. The van der Waals surface area contributed by atoms with Gasteiger partial charge in [0, 0.05) is 5.39 Å². The highest BCUT2D eigenvalue weighted by molar-refractivity contribution is 9.10. The molecule has 21 heavy (non-hydrogen) atoms. The molecule has 1 heterocycles. The molecule has 2 rings (SSSR count). The summed E-state index contributed by atoms with van der Waals surface area (Å²) in [4.78, 5) is 33.4. The lowest BCUT2D eigenvalue weighted by atomic mass is 10.2. The minimum absolute atomic E-state index is 0.0893. The zero-order valence-electron chi connectivity index (χ0n) is 10.5. The Hall–Kier alpha value is -2.35. The van der Waals surface area contributed by atoms with Crippen molar-refractivity contribution in [2.75, 3.05) is 0 Å². The van der Waals surface area contributed by atoms with Gasteiger partial charge in [0.1, 0.15) is 11.6 Å². The molecule has 3 N–H and O–H groups in total. The predicted octanol–water partition coefficient (Wildman–Crippen LogP) is 1.85. The fourth-order valence-corrected chi connectivity index (χ4v) is 2.21. The van der Waals surface area contributed by atoms with Crippen molar-refractivity contribution in [1.29, 1.82) is 0 Å². The van der Waals surface area contributed by atoms with Crippen molar-refractivity contribution in [1.82, 2.24) is 5.32 Å². The van der Waals surface area contributed by atoms with Gasteiger partial charge in [0.25, 0.3) is 5.91 Å². The first-order chi connectivity index (χ1) is 9.88. The summed E-state index contributed by atoms with van der Waals surface area (Å²) in [5, 5.41) is 20.3. The van der Waals surface area contributed by atoms with Crippen LogP contribution in [0.3, 0.4) is 0 Å². The highest BCUT2D eigenvalue weighted by Gasteiger charge is 2.25. The molecule has 7 nitrogen and oxygen atoms in total. The Morgan fingerprint density at radius 3 is 2.57 bits per heavy atom. The number of carbonyl (C=O) groups is 3. The average molecular weight is 356 g/mol. The number of rotatable bonds is 5. The highest BCUT2D eigenvalue weighted by atomic mass is 79.9. The predicted molar refractivity (Wildman–Crippen MR) is 75.1 cm³/mol. The summed E-state index contributed by atoms with van der Waals surface area (Å²) >= 11 is 3.27. The van der Waals surface area contributed by atoms with E-state index in [-0.39, 0.29) is 5.76 Å². The molecule has 1 atom stereocenters. The van der Waals surface area contributed by atoms with Crippen molar-refractivity contribution in [3.63, 3.8) is 0 Å². The Labute approximate surface area is 126 Å². The Bertz CT molecular complexity index is 723. The van der Waals surface area contributed by atoms with Crippen LogP contribution in [0.5, 0.6) is 0 Å². The van der Waals surface area contributed by atoms with E-state index in [1.165, 1.54) is 6.07 Å². The van der Waals surface area contributed by atoms with Gasteiger partial charge < -0.3 is 19.9 Å². The molecule has 0 aliphatic rings. The first kappa shape index (κ1) is 15.0. The number of nitrogens with one attached hydrogen (secondary N) is 1. The normalized spacial score (nSPS) is 12.0. The number of carbonyl (C=O) groups excluding carboxylic acids is 1. The maximum Gasteiger partial charge on any atom is 0.326 e. The van der Waals surface area contributed by atoms with Crippen LogP contribution in [-0.2, 0) is 9.59 Å². The maximum absolute atomic E-state index is 11.9. The summed E-state index contributed by atoms with van der Waals surface area (Å²) in [6.45, 7) is 0. The zero-order chi connectivity index (χ0) is 15.6. The van der Waals surface area contributed by atoms with E-state index in [2.05, 4.69) is 21.2 Å². The molecule has 8 heteroatoms. The molecule has 1 aromatic carbocycles. The lowest BCUT2D eigenvalue weighted by Crippen LogP contribution is -2.42. The van der Waals surface area contributed by atoms with Crippen LogP contribution < -0.4 is 5.32 Å². The second-order valence-corrected chi connectivity index (χ2v) is 5.09. The van der Waals surface area contributed by atoms with Gasteiger partial charge in [-0.15, -0.1) is 0 Å². The van der Waals surface area contributed by atoms with Crippen molar-refractivity contribution in [2.45, 2.75) is 12.5 Å². The van der Waals surface area contributed by atoms with Gasteiger partial charge in [-0.3, -0.25) is 9.59 Å². The molecule has 0 saturated heterocycles. The molecule has 0 fully saturated rings. The van der Waals surface area contributed by atoms with E-state index in [1.807, 2.05) is 0 Å². The molecule has 0 aliphatic carbocycles. The van der Waals surface area contributed by atoms with Crippen molar-refractivity contribution in [3.05, 3.63) is 34.5 Å². The van der Waals surface area contributed by atoms with Gasteiger partial charge >= 0.3 is 11.9 Å². The maximum atomic E-state index is 11.9. The van der Waals surface area contributed by atoms with Crippen LogP contribution >= 0.6 is 15.9 Å². The molecule has 1 amide bonds. The van der Waals surface area contributed by atoms with Crippen LogP contribution in [0.4, 0.5) is 0 Å². The van der Waals surface area contributed by atoms with E-state index in [9.17, 15) is 14.4 Å². The minimum atomic E-state index is -1.52. The molecule has 0 bridgehead atoms. The zero-order valence-corrected chi connectivity index (χ0v) is 12.1. The molecular weight excluding hydrogens is 346 g/mol. The summed E-state index contributed by atoms with van der Waals surface area (Å²) in [5.74, 6) is -3.63. The van der Waals surface area contributed by atoms with E-state index in [0.29, 0.717) is 15.4 Å². The van der Waals surface area contributed by atoms with Crippen LogP contribution in [0.25, 0.3) is 11.0 Å². The van der Waals surface area contributed by atoms with Gasteiger partial charge in [-0.05, 0) is 28.1 Å². The lowest BCUT2D eigenvalue weighted by molar-refractivity contribution is -0.145. The Morgan fingerprint density at radius 2 is 2.00 bits per heavy atom. The monoisotopic (exact) mass is 355 g/mol. The van der Waals surface area contributed by atoms with Crippen molar-refractivity contribution >= 4 is 44.7 Å². The number of hydrogen-bond donors (Lipinski definition) is 3. The molecule has 110 valence electrons. The first-order valence-electron chi connectivity index (χ1n) is 5.82. The number of carboxylic acids is 2. The Balaban J connectivity index is 2.23. The number of aliphatic carboxylic acids is 2. The topological polar surface area (TPSA) is 117 Å². The van der Waals surface area contributed by atoms with Gasteiger partial charge in [-0.2, -0.15) is 0 Å². The van der Waals surface area contributed by atoms with Crippen LogP contribution in [0.15, 0.2) is 33.2 Å². The third kappa shape index (κ3) is 3.40. The molecular formula is C13H10BrNO6. The minimum Gasteiger partial charge on any atom is -0.481 e. The van der Waals surface area contributed by atoms with E-state index in [0.717, 1.165) is 0 Å². The molecule has 2 aromatic rings. The number of furan rings is 1.